The second kappa shape index (κ2) is 8.28. The zero-order chi connectivity index (χ0) is 20.3. The maximum absolute atomic E-state index is 9.09. The van der Waals surface area contributed by atoms with Gasteiger partial charge in [-0.25, -0.2) is 0 Å². The first kappa shape index (κ1) is 19.6. The maximum Gasteiger partial charge on any atom is 0.101 e. The van der Waals surface area contributed by atoms with Crippen LogP contribution in [0, 0.1) is 22.1 Å². The summed E-state index contributed by atoms with van der Waals surface area (Å²) in [5, 5.41) is 28.5. The molecule has 0 amide bonds. The number of hydrogen-bond acceptors (Lipinski definition) is 7. The molecule has 0 saturated carbocycles. The predicted molar refractivity (Wildman–Crippen MR) is 116 cm³/mol. The molecule has 0 radical (unpaired) electrons. The number of nitrogens with zero attached hydrogens (tertiary/aromatic N) is 2. The third-order valence-corrected chi connectivity index (χ3v) is 5.03. The van der Waals surface area contributed by atoms with Crippen LogP contribution in [-0.2, 0) is 6.42 Å². The number of allylic oxidation sites excluding steroid dienone is 2. The van der Waals surface area contributed by atoms with Gasteiger partial charge in [0.1, 0.15) is 6.07 Å². The van der Waals surface area contributed by atoms with E-state index in [0.29, 0.717) is 27.4 Å². The summed E-state index contributed by atoms with van der Waals surface area (Å²) >= 11 is 4.33. The molecule has 3 rings (SSSR count). The molecule has 0 bridgehead atoms. The Morgan fingerprint density at radius 1 is 1.39 bits per heavy atom. The highest BCUT2D eigenvalue weighted by Crippen LogP contribution is 2.32. The largest absolute Gasteiger partial charge is 0.398 e. The first-order chi connectivity index (χ1) is 13.4. The van der Waals surface area contributed by atoms with Gasteiger partial charge >= 0.3 is 0 Å². The number of aromatic nitrogens is 1. The number of nitrogens with one attached hydrogen (secondary N) is 3. The summed E-state index contributed by atoms with van der Waals surface area (Å²) in [5.74, 6) is 0. The lowest BCUT2D eigenvalue weighted by molar-refractivity contribution is 0.583. The molecule has 6 nitrogen and oxygen atoms in total. The Hall–Kier alpha value is -3.11. The number of anilines is 2. The van der Waals surface area contributed by atoms with Crippen molar-refractivity contribution in [2.24, 2.45) is 0 Å². The number of nitrogens with two attached hydrogens (primary N) is 1. The molecule has 2 aromatic rings. The number of hydrogen-bond donors (Lipinski definition) is 5. The smallest absolute Gasteiger partial charge is 0.101 e. The van der Waals surface area contributed by atoms with E-state index >= 15 is 0 Å². The maximum atomic E-state index is 9.09. The number of nitrogen functional groups attached to an aromatic ring is 1. The Labute approximate surface area is 169 Å². The van der Waals surface area contributed by atoms with Gasteiger partial charge in [-0.1, -0.05) is 0 Å². The van der Waals surface area contributed by atoms with Crippen LogP contribution in [0.15, 0.2) is 41.4 Å². The lowest BCUT2D eigenvalue weighted by atomic mass is 9.91. The van der Waals surface area contributed by atoms with Crippen LogP contribution in [0.5, 0.6) is 0 Å². The van der Waals surface area contributed by atoms with Gasteiger partial charge in [-0.2, -0.15) is 5.26 Å². The molecule has 1 aromatic carbocycles. The Morgan fingerprint density at radius 2 is 2.18 bits per heavy atom. The summed E-state index contributed by atoms with van der Waals surface area (Å²) in [7, 11) is 0. The summed E-state index contributed by atoms with van der Waals surface area (Å²) in [6.45, 7) is 1.64. The normalized spacial score (nSPS) is 16.0. The molecule has 28 heavy (non-hydrogen) atoms. The number of nitriles is 1. The molecule has 1 heterocycles. The van der Waals surface area contributed by atoms with Crippen LogP contribution in [0.3, 0.4) is 0 Å². The van der Waals surface area contributed by atoms with E-state index in [0.717, 1.165) is 36.2 Å². The second-order valence-electron chi connectivity index (χ2n) is 6.86. The molecule has 1 aliphatic carbocycles. The van der Waals surface area contributed by atoms with Crippen molar-refractivity contribution in [3.63, 3.8) is 0 Å². The highest BCUT2D eigenvalue weighted by Gasteiger charge is 2.22. The molecule has 0 spiro atoms. The molecular formula is C21H22N6S. The van der Waals surface area contributed by atoms with E-state index < -0.39 is 0 Å². The number of fused-ring (bicyclic) bond motifs is 1. The number of pyridine rings is 1. The number of aryl methyl sites for hydroxylation is 1. The molecule has 1 atom stereocenters. The van der Waals surface area contributed by atoms with E-state index in [1.807, 2.05) is 18.2 Å². The lowest BCUT2D eigenvalue weighted by Crippen LogP contribution is -2.19. The highest BCUT2D eigenvalue weighted by atomic mass is 32.1. The fraction of sp³-hybridized carbons (Fsp3) is 0.238. The van der Waals surface area contributed by atoms with Crippen molar-refractivity contribution < 1.29 is 0 Å². The fourth-order valence-corrected chi connectivity index (χ4v) is 3.66. The molecule has 1 aliphatic rings. The van der Waals surface area contributed by atoms with E-state index in [4.69, 9.17) is 21.8 Å². The van der Waals surface area contributed by atoms with Crippen LogP contribution in [0.2, 0.25) is 0 Å². The SMILES string of the molecule is CC(=N)/C=C(\S)C(=N)c1cc(NC2CCCc3cc(C#N)cnc32)ccc1N. The van der Waals surface area contributed by atoms with Crippen LogP contribution in [-0.4, -0.2) is 16.4 Å². The van der Waals surface area contributed by atoms with Crippen molar-refractivity contribution in [1.82, 2.24) is 4.98 Å². The fourth-order valence-electron chi connectivity index (χ4n) is 3.35. The van der Waals surface area contributed by atoms with Crippen molar-refractivity contribution >= 4 is 35.4 Å². The minimum Gasteiger partial charge on any atom is -0.398 e. The van der Waals surface area contributed by atoms with Gasteiger partial charge in [-0.05, 0) is 62.1 Å². The zero-order valence-electron chi connectivity index (χ0n) is 15.6. The minimum atomic E-state index is 0.0389. The molecule has 0 aliphatic heterocycles. The van der Waals surface area contributed by atoms with E-state index in [1.54, 1.807) is 19.2 Å². The summed E-state index contributed by atoms with van der Waals surface area (Å²) in [6.07, 6.45) is 6.01. The van der Waals surface area contributed by atoms with Gasteiger partial charge < -0.3 is 16.5 Å². The molecule has 7 heteroatoms. The number of rotatable bonds is 5. The van der Waals surface area contributed by atoms with Gasteiger partial charge in [-0.3, -0.25) is 10.4 Å². The zero-order valence-corrected chi connectivity index (χ0v) is 16.5. The number of thiol groups is 1. The van der Waals surface area contributed by atoms with Crippen molar-refractivity contribution in [2.45, 2.75) is 32.2 Å². The monoisotopic (exact) mass is 390 g/mol. The minimum absolute atomic E-state index is 0.0389. The molecule has 0 fully saturated rings. The number of benzene rings is 1. The standard InChI is InChI=1S/C21H22N6S/c1-12(23)7-19(28)20(25)16-9-15(5-6-17(16)24)27-18-4-2-3-14-8-13(10-22)11-26-21(14)18/h5-9,11,18,23,25,27-28H,2-4,24H2,1H3/b19-7-,23-12?,25-20?. The van der Waals surface area contributed by atoms with Crippen LogP contribution >= 0.6 is 12.6 Å². The summed E-state index contributed by atoms with van der Waals surface area (Å²) in [4.78, 5) is 4.90. The van der Waals surface area contributed by atoms with Gasteiger partial charge in [-0.15, -0.1) is 12.6 Å². The third kappa shape index (κ3) is 4.24. The van der Waals surface area contributed by atoms with Gasteiger partial charge in [0.05, 0.1) is 23.0 Å². The Kier molecular flexibility index (Phi) is 5.81. The van der Waals surface area contributed by atoms with Crippen molar-refractivity contribution in [2.75, 3.05) is 11.1 Å². The molecular weight excluding hydrogens is 368 g/mol. The molecule has 5 N–H and O–H groups in total. The van der Waals surface area contributed by atoms with Crippen molar-refractivity contribution in [3.05, 3.63) is 63.8 Å². The third-order valence-electron chi connectivity index (χ3n) is 4.67. The Morgan fingerprint density at radius 3 is 2.89 bits per heavy atom. The Bertz CT molecular complexity index is 1020. The van der Waals surface area contributed by atoms with E-state index in [9.17, 15) is 0 Å². The predicted octanol–water partition coefficient (Wildman–Crippen LogP) is 4.25. The molecule has 1 unspecified atom stereocenters. The van der Waals surface area contributed by atoms with Crippen LogP contribution in [0.4, 0.5) is 11.4 Å². The van der Waals surface area contributed by atoms with Crippen LogP contribution in [0.1, 0.15) is 48.2 Å². The summed E-state index contributed by atoms with van der Waals surface area (Å²) in [6, 6.07) is 9.58. The molecule has 1 aromatic heterocycles. The van der Waals surface area contributed by atoms with E-state index in [1.165, 1.54) is 6.08 Å². The van der Waals surface area contributed by atoms with Crippen LogP contribution in [0.25, 0.3) is 0 Å². The van der Waals surface area contributed by atoms with Crippen molar-refractivity contribution in [1.29, 1.82) is 16.1 Å². The highest BCUT2D eigenvalue weighted by molar-refractivity contribution is 7.85. The first-order valence-electron chi connectivity index (χ1n) is 8.99. The van der Waals surface area contributed by atoms with Crippen molar-refractivity contribution in [3.8, 4) is 6.07 Å². The van der Waals surface area contributed by atoms with Gasteiger partial charge in [0.2, 0.25) is 0 Å². The molecule has 0 saturated heterocycles. The molecule has 142 valence electrons. The van der Waals surface area contributed by atoms with E-state index in [-0.39, 0.29) is 11.8 Å². The lowest BCUT2D eigenvalue weighted by Gasteiger charge is -2.26. The van der Waals surface area contributed by atoms with Gasteiger partial charge in [0.15, 0.2) is 0 Å². The topological polar surface area (TPSA) is 122 Å². The summed E-state index contributed by atoms with van der Waals surface area (Å²) < 4.78 is 0. The second-order valence-corrected chi connectivity index (χ2v) is 7.34. The van der Waals surface area contributed by atoms with Gasteiger partial charge in [0.25, 0.3) is 0 Å². The average molecular weight is 391 g/mol. The average Bonchev–Trinajstić information content (AvgIpc) is 2.68. The Balaban J connectivity index is 1.88. The van der Waals surface area contributed by atoms with E-state index in [2.05, 4.69) is 29.0 Å². The van der Waals surface area contributed by atoms with Crippen LogP contribution < -0.4 is 11.1 Å². The first-order valence-corrected chi connectivity index (χ1v) is 9.44. The quantitative estimate of drug-likeness (QED) is 0.297. The summed E-state index contributed by atoms with van der Waals surface area (Å²) in [5.41, 5.74) is 11.1. The van der Waals surface area contributed by atoms with Gasteiger partial charge in [0, 0.05) is 33.8 Å².